The molecule has 2 heterocycles. The molecule has 0 aromatic carbocycles. The van der Waals surface area contributed by atoms with Crippen molar-refractivity contribution < 1.29 is 9.90 Å². The Kier molecular flexibility index (Phi) is 4.76. The number of hydrogen-bond acceptors (Lipinski definition) is 4. The van der Waals surface area contributed by atoms with Crippen molar-refractivity contribution in [2.45, 2.75) is 44.9 Å². The van der Waals surface area contributed by atoms with Crippen LogP contribution in [0.1, 0.15) is 35.8 Å². The Morgan fingerprint density at radius 2 is 2.16 bits per heavy atom. The van der Waals surface area contributed by atoms with Crippen molar-refractivity contribution >= 4 is 12.0 Å². The predicted molar refractivity (Wildman–Crippen MR) is 94.8 cm³/mol. The van der Waals surface area contributed by atoms with Crippen LogP contribution in [-0.2, 0) is 11.8 Å². The largest absolute Gasteiger partial charge is 0.389 e. The molecule has 1 amide bonds. The fourth-order valence-corrected chi connectivity index (χ4v) is 3.62. The number of aryl methyl sites for hydroxylation is 2. The minimum atomic E-state index is -0.599. The summed E-state index contributed by atoms with van der Waals surface area (Å²) in [6, 6.07) is -0.227. The standard InChI is InChI=1S/C18H25N5O2/c1-12-14(13(2)22(4)20-12)5-8-17(24)21(3)15-6-7-16(18(15)25)23-10-9-19-11-23/h5,8-11,15-16,18,25H,6-7H2,1-4H3/b8-5+/t15-,16-,18-/m1/s1. The number of nitrogens with zero attached hydrogens (tertiary/aromatic N) is 5. The van der Waals surface area contributed by atoms with E-state index >= 15 is 0 Å². The maximum atomic E-state index is 12.6. The van der Waals surface area contributed by atoms with Crippen LogP contribution in [0.5, 0.6) is 0 Å². The van der Waals surface area contributed by atoms with Crippen molar-refractivity contribution in [3.8, 4) is 0 Å². The molecule has 0 spiro atoms. The Morgan fingerprint density at radius 1 is 1.40 bits per heavy atom. The highest BCUT2D eigenvalue weighted by Gasteiger charge is 2.39. The van der Waals surface area contributed by atoms with E-state index in [1.54, 1.807) is 35.2 Å². The number of carbonyl (C=O) groups excluding carboxylic acids is 1. The summed E-state index contributed by atoms with van der Waals surface area (Å²) >= 11 is 0. The molecule has 0 unspecified atom stereocenters. The van der Waals surface area contributed by atoms with Crippen LogP contribution in [0, 0.1) is 13.8 Å². The molecule has 134 valence electrons. The van der Waals surface area contributed by atoms with E-state index in [1.165, 1.54) is 0 Å². The SMILES string of the molecule is Cc1nn(C)c(C)c1/C=C/C(=O)N(C)[C@@H]1CC[C@@H](n2ccnc2)[C@@H]1O. The molecule has 3 rings (SSSR count). The zero-order chi connectivity index (χ0) is 18.1. The van der Waals surface area contributed by atoms with Gasteiger partial charge in [-0.05, 0) is 32.8 Å². The van der Waals surface area contributed by atoms with E-state index in [9.17, 15) is 9.90 Å². The van der Waals surface area contributed by atoms with Gasteiger partial charge in [0.15, 0.2) is 0 Å². The summed E-state index contributed by atoms with van der Waals surface area (Å²) in [5.41, 5.74) is 2.88. The van der Waals surface area contributed by atoms with E-state index in [0.29, 0.717) is 0 Å². The second kappa shape index (κ2) is 6.84. The van der Waals surface area contributed by atoms with Crippen molar-refractivity contribution in [3.63, 3.8) is 0 Å². The van der Waals surface area contributed by atoms with Crippen molar-refractivity contribution in [1.29, 1.82) is 0 Å². The molecular weight excluding hydrogens is 318 g/mol. The normalized spacial score (nSPS) is 23.5. The van der Waals surface area contributed by atoms with Gasteiger partial charge in [-0.1, -0.05) is 0 Å². The average molecular weight is 343 g/mol. The minimum Gasteiger partial charge on any atom is -0.389 e. The molecule has 0 aliphatic heterocycles. The number of aromatic nitrogens is 4. The van der Waals surface area contributed by atoms with Crippen LogP contribution in [0.2, 0.25) is 0 Å². The van der Waals surface area contributed by atoms with Crippen LogP contribution in [0.15, 0.2) is 24.8 Å². The summed E-state index contributed by atoms with van der Waals surface area (Å²) in [7, 11) is 3.64. The van der Waals surface area contributed by atoms with E-state index in [0.717, 1.165) is 29.8 Å². The first-order valence-corrected chi connectivity index (χ1v) is 8.50. The quantitative estimate of drug-likeness (QED) is 0.853. The molecule has 7 nitrogen and oxygen atoms in total. The van der Waals surface area contributed by atoms with Gasteiger partial charge in [0.05, 0.1) is 30.2 Å². The Hall–Kier alpha value is -2.41. The maximum Gasteiger partial charge on any atom is 0.246 e. The Bertz CT molecular complexity index is 778. The third kappa shape index (κ3) is 3.24. The molecule has 25 heavy (non-hydrogen) atoms. The van der Waals surface area contributed by atoms with Gasteiger partial charge in [0.25, 0.3) is 0 Å². The third-order valence-electron chi connectivity index (χ3n) is 5.26. The second-order valence-corrected chi connectivity index (χ2v) is 6.70. The second-order valence-electron chi connectivity index (χ2n) is 6.70. The number of imidazole rings is 1. The van der Waals surface area contributed by atoms with Gasteiger partial charge in [-0.3, -0.25) is 9.48 Å². The maximum absolute atomic E-state index is 12.6. The molecule has 0 radical (unpaired) electrons. The van der Waals surface area contributed by atoms with Gasteiger partial charge in [0.2, 0.25) is 5.91 Å². The lowest BCUT2D eigenvalue weighted by Crippen LogP contribution is -2.42. The van der Waals surface area contributed by atoms with E-state index < -0.39 is 6.10 Å². The molecule has 1 saturated carbocycles. The zero-order valence-electron chi connectivity index (χ0n) is 15.1. The first-order chi connectivity index (χ1) is 11.9. The van der Waals surface area contributed by atoms with Crippen molar-refractivity contribution in [3.05, 3.63) is 41.7 Å². The molecular formula is C18H25N5O2. The van der Waals surface area contributed by atoms with Crippen molar-refractivity contribution in [2.24, 2.45) is 7.05 Å². The van der Waals surface area contributed by atoms with Crippen LogP contribution in [-0.4, -0.2) is 54.4 Å². The Morgan fingerprint density at radius 3 is 2.76 bits per heavy atom. The third-order valence-corrected chi connectivity index (χ3v) is 5.26. The highest BCUT2D eigenvalue weighted by Crippen LogP contribution is 2.33. The van der Waals surface area contributed by atoms with E-state index in [1.807, 2.05) is 37.7 Å². The Balaban J connectivity index is 1.69. The topological polar surface area (TPSA) is 76.2 Å². The summed E-state index contributed by atoms with van der Waals surface area (Å²) in [5, 5.41) is 15.0. The van der Waals surface area contributed by atoms with Gasteiger partial charge in [-0.25, -0.2) is 4.98 Å². The monoisotopic (exact) mass is 343 g/mol. The zero-order valence-corrected chi connectivity index (χ0v) is 15.1. The number of rotatable bonds is 4. The molecule has 1 aliphatic rings. The molecule has 1 fully saturated rings. The van der Waals surface area contributed by atoms with Crippen LogP contribution < -0.4 is 0 Å². The number of likely N-dealkylation sites (N-methyl/N-ethyl adjacent to an activating group) is 1. The Labute approximate surface area is 147 Å². The lowest BCUT2D eigenvalue weighted by Gasteiger charge is -2.28. The first-order valence-electron chi connectivity index (χ1n) is 8.50. The van der Waals surface area contributed by atoms with Crippen LogP contribution in [0.25, 0.3) is 6.08 Å². The van der Waals surface area contributed by atoms with Crippen molar-refractivity contribution in [1.82, 2.24) is 24.2 Å². The summed E-state index contributed by atoms with van der Waals surface area (Å²) in [6.45, 7) is 3.90. The first kappa shape index (κ1) is 17.4. The molecule has 2 aromatic heterocycles. The summed E-state index contributed by atoms with van der Waals surface area (Å²) in [4.78, 5) is 18.2. The predicted octanol–water partition coefficient (Wildman–Crippen LogP) is 1.47. The fourth-order valence-electron chi connectivity index (χ4n) is 3.62. The minimum absolute atomic E-state index is 0.0328. The van der Waals surface area contributed by atoms with Gasteiger partial charge in [-0.15, -0.1) is 0 Å². The number of carbonyl (C=O) groups is 1. The van der Waals surface area contributed by atoms with E-state index in [2.05, 4.69) is 10.1 Å². The van der Waals surface area contributed by atoms with E-state index in [4.69, 9.17) is 0 Å². The molecule has 0 bridgehead atoms. The van der Waals surface area contributed by atoms with Crippen LogP contribution >= 0.6 is 0 Å². The molecule has 1 aliphatic carbocycles. The number of amides is 1. The van der Waals surface area contributed by atoms with Gasteiger partial charge >= 0.3 is 0 Å². The summed E-state index contributed by atoms with van der Waals surface area (Å²) in [6.07, 6.45) is 9.64. The van der Waals surface area contributed by atoms with Gasteiger partial charge in [0.1, 0.15) is 0 Å². The molecule has 0 saturated heterocycles. The van der Waals surface area contributed by atoms with Crippen molar-refractivity contribution in [2.75, 3.05) is 7.05 Å². The number of aliphatic hydroxyl groups is 1. The van der Waals surface area contributed by atoms with Gasteiger partial charge < -0.3 is 14.6 Å². The average Bonchev–Trinajstić information content (AvgIpc) is 3.27. The lowest BCUT2D eigenvalue weighted by molar-refractivity contribution is -0.128. The van der Waals surface area contributed by atoms with Crippen LogP contribution in [0.3, 0.4) is 0 Å². The lowest BCUT2D eigenvalue weighted by atomic mass is 10.1. The van der Waals surface area contributed by atoms with Gasteiger partial charge in [-0.2, -0.15) is 5.10 Å². The molecule has 7 heteroatoms. The molecule has 2 aromatic rings. The number of aliphatic hydroxyl groups excluding tert-OH is 1. The number of hydrogen-bond donors (Lipinski definition) is 1. The summed E-state index contributed by atoms with van der Waals surface area (Å²) < 4.78 is 3.72. The fraction of sp³-hybridized carbons (Fsp3) is 0.500. The molecule has 1 N–H and O–H groups in total. The highest BCUT2D eigenvalue weighted by atomic mass is 16.3. The summed E-state index contributed by atoms with van der Waals surface area (Å²) in [5.74, 6) is -0.113. The van der Waals surface area contributed by atoms with Crippen LogP contribution in [0.4, 0.5) is 0 Å². The molecule has 3 atom stereocenters. The smallest absolute Gasteiger partial charge is 0.246 e. The highest BCUT2D eigenvalue weighted by molar-refractivity contribution is 5.92. The van der Waals surface area contributed by atoms with E-state index in [-0.39, 0.29) is 18.0 Å². The van der Waals surface area contributed by atoms with Gasteiger partial charge in [0, 0.05) is 43.8 Å².